The number of benzene rings is 2. The molecule has 0 radical (unpaired) electrons. The highest BCUT2D eigenvalue weighted by Crippen LogP contribution is 2.35. The van der Waals surface area contributed by atoms with Gasteiger partial charge in [0.1, 0.15) is 5.82 Å². The summed E-state index contributed by atoms with van der Waals surface area (Å²) in [5, 5.41) is 0. The molecule has 6 rings (SSSR count). The van der Waals surface area contributed by atoms with Crippen LogP contribution in [0, 0.1) is 12.8 Å². The highest BCUT2D eigenvalue weighted by molar-refractivity contribution is 7.17. The van der Waals surface area contributed by atoms with Gasteiger partial charge in [-0.25, -0.2) is 9.97 Å². The topological polar surface area (TPSA) is 48.0 Å². The molecule has 2 aliphatic heterocycles. The van der Waals surface area contributed by atoms with Crippen molar-refractivity contribution in [3.8, 4) is 11.4 Å². The lowest BCUT2D eigenvalue weighted by atomic mass is 9.87. The van der Waals surface area contributed by atoms with E-state index < -0.39 is 0 Å². The molecule has 4 heterocycles. The zero-order valence-electron chi connectivity index (χ0n) is 21.3. The van der Waals surface area contributed by atoms with Crippen molar-refractivity contribution >= 4 is 32.6 Å². The molecule has 2 saturated heterocycles. The van der Waals surface area contributed by atoms with Gasteiger partial charge >= 0.3 is 0 Å². The number of aromatic amines is 1. The predicted octanol–water partition coefficient (Wildman–Crippen LogP) is 6.45. The Labute approximate surface area is 212 Å². The Balaban J connectivity index is 1.15. The summed E-state index contributed by atoms with van der Waals surface area (Å²) in [6.07, 6.45) is 5.20. The molecule has 0 amide bonds. The third-order valence-corrected chi connectivity index (χ3v) is 8.98. The standard InChI is InChI=1S/C29H37N5S/c1-19(2)17-33-11-9-23(10-12-33)34-13-7-21(8-14-34)22-15-20(3)27-26(16-22)31-29(32-27)24-5-4-6-25-28(24)35-18-30-25/h4-6,15-16,18-19,21,23H,7-14,17H2,1-3H3,(H,31,32). The zero-order chi connectivity index (χ0) is 23.9. The van der Waals surface area contributed by atoms with Crippen LogP contribution in [0.25, 0.3) is 32.6 Å². The average molecular weight is 488 g/mol. The van der Waals surface area contributed by atoms with Gasteiger partial charge in [0.05, 0.1) is 26.8 Å². The Kier molecular flexibility index (Phi) is 6.37. The quantitative estimate of drug-likeness (QED) is 0.351. The Bertz CT molecular complexity index is 1310. The minimum Gasteiger partial charge on any atom is -0.338 e. The molecule has 2 aromatic heterocycles. The van der Waals surface area contributed by atoms with Crippen LogP contribution in [-0.2, 0) is 0 Å². The summed E-state index contributed by atoms with van der Waals surface area (Å²) in [5.74, 6) is 2.37. The van der Waals surface area contributed by atoms with Gasteiger partial charge in [0, 0.05) is 18.2 Å². The Hall–Kier alpha value is -2.28. The molecule has 0 aliphatic carbocycles. The van der Waals surface area contributed by atoms with E-state index in [1.54, 1.807) is 11.3 Å². The molecule has 2 aromatic carbocycles. The first kappa shape index (κ1) is 23.1. The number of nitrogens with zero attached hydrogens (tertiary/aromatic N) is 4. The number of rotatable bonds is 5. The third-order valence-electron chi connectivity index (χ3n) is 8.11. The van der Waals surface area contributed by atoms with Gasteiger partial charge in [-0.2, -0.15) is 0 Å². The maximum atomic E-state index is 5.01. The molecule has 4 aromatic rings. The van der Waals surface area contributed by atoms with Crippen molar-refractivity contribution in [1.82, 2.24) is 24.8 Å². The molecule has 2 fully saturated rings. The predicted molar refractivity (Wildman–Crippen MR) is 147 cm³/mol. The number of likely N-dealkylation sites (tertiary alicyclic amines) is 2. The first-order valence-electron chi connectivity index (χ1n) is 13.3. The van der Waals surface area contributed by atoms with E-state index in [9.17, 15) is 0 Å². The number of fused-ring (bicyclic) bond motifs is 2. The van der Waals surface area contributed by atoms with Crippen LogP contribution >= 0.6 is 11.3 Å². The number of hydrogen-bond acceptors (Lipinski definition) is 5. The van der Waals surface area contributed by atoms with Crippen LogP contribution in [0.2, 0.25) is 0 Å². The number of nitrogens with one attached hydrogen (secondary N) is 1. The Morgan fingerprint density at radius 2 is 1.86 bits per heavy atom. The first-order valence-corrected chi connectivity index (χ1v) is 14.2. The fourth-order valence-electron chi connectivity index (χ4n) is 6.34. The number of thiazole rings is 1. The van der Waals surface area contributed by atoms with Crippen molar-refractivity contribution in [2.24, 2.45) is 5.92 Å². The lowest BCUT2D eigenvalue weighted by Gasteiger charge is -2.42. The molecule has 0 atom stereocenters. The van der Waals surface area contributed by atoms with Crippen LogP contribution in [-0.4, -0.2) is 63.5 Å². The number of aryl methyl sites for hydroxylation is 1. The summed E-state index contributed by atoms with van der Waals surface area (Å²) in [7, 11) is 0. The molecule has 6 heteroatoms. The van der Waals surface area contributed by atoms with Gasteiger partial charge in [0.25, 0.3) is 0 Å². The molecular formula is C29H37N5S. The minimum atomic E-state index is 0.645. The van der Waals surface area contributed by atoms with Crippen LogP contribution in [0.4, 0.5) is 0 Å². The van der Waals surface area contributed by atoms with Gasteiger partial charge in [0.2, 0.25) is 0 Å². The van der Waals surface area contributed by atoms with Gasteiger partial charge in [0.15, 0.2) is 0 Å². The first-order chi connectivity index (χ1) is 17.0. The summed E-state index contributed by atoms with van der Waals surface area (Å²) in [6, 6.07) is 11.8. The van der Waals surface area contributed by atoms with Gasteiger partial charge in [-0.1, -0.05) is 26.0 Å². The molecule has 5 nitrogen and oxygen atoms in total. The molecule has 0 spiro atoms. The van der Waals surface area contributed by atoms with Crippen molar-refractivity contribution in [2.45, 2.75) is 58.4 Å². The number of piperidine rings is 2. The molecule has 1 N–H and O–H groups in total. The molecule has 0 unspecified atom stereocenters. The number of imidazole rings is 1. The van der Waals surface area contributed by atoms with Crippen molar-refractivity contribution in [3.63, 3.8) is 0 Å². The van der Waals surface area contributed by atoms with E-state index in [1.807, 2.05) is 5.51 Å². The summed E-state index contributed by atoms with van der Waals surface area (Å²) < 4.78 is 1.20. The highest BCUT2D eigenvalue weighted by Gasteiger charge is 2.29. The van der Waals surface area contributed by atoms with E-state index in [-0.39, 0.29) is 0 Å². The van der Waals surface area contributed by atoms with Crippen molar-refractivity contribution in [1.29, 1.82) is 0 Å². The Morgan fingerprint density at radius 3 is 2.63 bits per heavy atom. The van der Waals surface area contributed by atoms with Crippen LogP contribution in [0.1, 0.15) is 56.6 Å². The van der Waals surface area contributed by atoms with Crippen molar-refractivity contribution < 1.29 is 0 Å². The highest BCUT2D eigenvalue weighted by atomic mass is 32.1. The largest absolute Gasteiger partial charge is 0.338 e. The fraction of sp³-hybridized carbons (Fsp3) is 0.517. The van der Waals surface area contributed by atoms with Gasteiger partial charge < -0.3 is 14.8 Å². The number of aromatic nitrogens is 3. The lowest BCUT2D eigenvalue weighted by Crippen LogP contribution is -2.48. The van der Waals surface area contributed by atoms with Crippen LogP contribution in [0.15, 0.2) is 35.8 Å². The second-order valence-corrected chi connectivity index (χ2v) is 11.9. The fourth-order valence-corrected chi connectivity index (χ4v) is 7.14. The third kappa shape index (κ3) is 4.64. The lowest BCUT2D eigenvalue weighted by molar-refractivity contribution is 0.0828. The SMILES string of the molecule is Cc1cc(C2CCN(C3CCN(CC(C)C)CC3)CC2)cc2[nH]c(-c3cccc4ncsc34)nc12. The van der Waals surface area contributed by atoms with Crippen molar-refractivity contribution in [2.75, 3.05) is 32.7 Å². The second-order valence-electron chi connectivity index (χ2n) is 11.1. The smallest absolute Gasteiger partial charge is 0.140 e. The van der Waals surface area contributed by atoms with E-state index in [2.05, 4.69) is 70.9 Å². The van der Waals surface area contributed by atoms with Crippen LogP contribution in [0.5, 0.6) is 0 Å². The maximum absolute atomic E-state index is 5.01. The molecule has 0 saturated carbocycles. The summed E-state index contributed by atoms with van der Waals surface area (Å²) in [4.78, 5) is 18.6. The number of hydrogen-bond donors (Lipinski definition) is 1. The van der Waals surface area contributed by atoms with Crippen molar-refractivity contribution in [3.05, 3.63) is 47.0 Å². The normalized spacial score (nSPS) is 19.4. The van der Waals surface area contributed by atoms with E-state index in [0.717, 1.165) is 39.9 Å². The van der Waals surface area contributed by atoms with Gasteiger partial charge in [-0.15, -0.1) is 11.3 Å². The zero-order valence-corrected chi connectivity index (χ0v) is 22.1. The molecule has 184 valence electrons. The molecule has 2 aliphatic rings. The van der Waals surface area contributed by atoms with E-state index in [0.29, 0.717) is 5.92 Å². The summed E-state index contributed by atoms with van der Waals surface area (Å²) in [5.41, 5.74) is 9.12. The summed E-state index contributed by atoms with van der Waals surface area (Å²) in [6.45, 7) is 13.2. The Morgan fingerprint density at radius 1 is 1.06 bits per heavy atom. The van der Waals surface area contributed by atoms with E-state index in [1.165, 1.54) is 74.2 Å². The molecule has 35 heavy (non-hydrogen) atoms. The van der Waals surface area contributed by atoms with E-state index >= 15 is 0 Å². The maximum Gasteiger partial charge on any atom is 0.140 e. The average Bonchev–Trinajstić information content (AvgIpc) is 3.52. The second kappa shape index (κ2) is 9.64. The van der Waals surface area contributed by atoms with Crippen LogP contribution < -0.4 is 0 Å². The molecular weight excluding hydrogens is 450 g/mol. The minimum absolute atomic E-state index is 0.645. The summed E-state index contributed by atoms with van der Waals surface area (Å²) >= 11 is 1.68. The van der Waals surface area contributed by atoms with Crippen LogP contribution in [0.3, 0.4) is 0 Å². The van der Waals surface area contributed by atoms with Gasteiger partial charge in [-0.3, -0.25) is 0 Å². The number of H-pyrrole nitrogens is 1. The van der Waals surface area contributed by atoms with Gasteiger partial charge in [-0.05, 0) is 99.9 Å². The molecule has 0 bridgehead atoms. The van der Waals surface area contributed by atoms with E-state index in [4.69, 9.17) is 4.98 Å². The monoisotopic (exact) mass is 487 g/mol.